The molecule has 2 atom stereocenters. The number of rotatable bonds is 7. The molecule has 2 heterocycles. The number of benzene rings is 2. The van der Waals surface area contributed by atoms with Crippen molar-refractivity contribution >= 4 is 23.6 Å². The highest BCUT2D eigenvalue weighted by Crippen LogP contribution is 2.20. The van der Waals surface area contributed by atoms with Crippen LogP contribution in [0, 0.1) is 0 Å². The highest BCUT2D eigenvalue weighted by Gasteiger charge is 2.34. The van der Waals surface area contributed by atoms with E-state index < -0.39 is 23.9 Å². The minimum atomic E-state index is -1.11. The predicted octanol–water partition coefficient (Wildman–Crippen LogP) is 2.56. The third-order valence-electron chi connectivity index (χ3n) is 7.84. The molecule has 2 aliphatic rings. The molecule has 4 amide bonds. The van der Waals surface area contributed by atoms with E-state index in [9.17, 15) is 19.2 Å². The normalized spacial score (nSPS) is 21.0. The van der Waals surface area contributed by atoms with E-state index in [2.05, 4.69) is 17.6 Å². The Hall–Kier alpha value is -3.92. The molecule has 2 aliphatic heterocycles. The number of fused-ring (bicyclic) bond motifs is 1. The van der Waals surface area contributed by atoms with Crippen molar-refractivity contribution in [2.24, 2.45) is 0 Å². The molecule has 42 heavy (non-hydrogen) atoms. The number of nitrogens with one attached hydrogen (secondary N) is 2. The number of unbranched alkanes of at least 4 members (excludes halogenated alkanes) is 1. The van der Waals surface area contributed by atoms with Gasteiger partial charge in [-0.25, -0.2) is 0 Å². The summed E-state index contributed by atoms with van der Waals surface area (Å²) in [5.74, 6) is -1.17. The monoisotopic (exact) mass is 578 g/mol. The van der Waals surface area contributed by atoms with Crippen molar-refractivity contribution in [1.29, 1.82) is 0 Å². The van der Waals surface area contributed by atoms with Gasteiger partial charge in [0, 0.05) is 33.2 Å². The van der Waals surface area contributed by atoms with Crippen LogP contribution in [0.3, 0.4) is 0 Å². The lowest BCUT2D eigenvalue weighted by Crippen LogP contribution is -2.55. The summed E-state index contributed by atoms with van der Waals surface area (Å²) in [7, 11) is 1.65. The quantitative estimate of drug-likeness (QED) is 0.522. The Balaban J connectivity index is 1.64. The Morgan fingerprint density at radius 3 is 2.40 bits per heavy atom. The number of amides is 4. The van der Waals surface area contributed by atoms with E-state index in [4.69, 9.17) is 9.47 Å². The van der Waals surface area contributed by atoms with Gasteiger partial charge >= 0.3 is 0 Å². The third-order valence-corrected chi connectivity index (χ3v) is 7.84. The Kier molecular flexibility index (Phi) is 11.3. The zero-order valence-corrected chi connectivity index (χ0v) is 24.6. The number of carbonyl (C=O) groups excluding carboxylic acids is 4. The molecule has 1 saturated heterocycles. The summed E-state index contributed by atoms with van der Waals surface area (Å²) in [5.41, 5.74) is 1.17. The number of piperidine rings is 1. The third kappa shape index (κ3) is 8.31. The van der Waals surface area contributed by atoms with E-state index in [0.29, 0.717) is 51.2 Å². The van der Waals surface area contributed by atoms with Crippen LogP contribution >= 0.6 is 0 Å². The maximum atomic E-state index is 13.9. The van der Waals surface area contributed by atoms with Gasteiger partial charge in [0.15, 0.2) is 0 Å². The van der Waals surface area contributed by atoms with Gasteiger partial charge in [-0.2, -0.15) is 0 Å². The summed E-state index contributed by atoms with van der Waals surface area (Å²) < 4.78 is 11.5. The fourth-order valence-electron chi connectivity index (χ4n) is 5.40. The lowest BCUT2D eigenvalue weighted by molar-refractivity contribution is -0.139. The van der Waals surface area contributed by atoms with Crippen LogP contribution in [0.2, 0.25) is 0 Å². The topological polar surface area (TPSA) is 117 Å². The first kappa shape index (κ1) is 31.0. The van der Waals surface area contributed by atoms with E-state index in [1.54, 1.807) is 41.2 Å². The minimum Gasteiger partial charge on any atom is -0.491 e. The maximum absolute atomic E-state index is 13.9. The number of ether oxygens (including phenoxy) is 2. The lowest BCUT2D eigenvalue weighted by atomic mass is 10.0. The molecule has 0 spiro atoms. The molecule has 226 valence electrons. The molecule has 0 saturated carbocycles. The fraction of sp³-hybridized carbons (Fsp3) is 0.500. The van der Waals surface area contributed by atoms with Gasteiger partial charge in [0.1, 0.15) is 24.4 Å². The Labute approximate surface area is 247 Å². The van der Waals surface area contributed by atoms with Crippen molar-refractivity contribution in [3.05, 3.63) is 65.7 Å². The van der Waals surface area contributed by atoms with Gasteiger partial charge in [0.2, 0.25) is 17.7 Å². The number of nitrogens with zero attached hydrogens (tertiary/aromatic N) is 2. The minimum absolute atomic E-state index is 0.0698. The summed E-state index contributed by atoms with van der Waals surface area (Å²) in [4.78, 5) is 57.9. The molecule has 0 bridgehead atoms. The van der Waals surface area contributed by atoms with Crippen LogP contribution in [0.25, 0.3) is 0 Å². The lowest BCUT2D eigenvalue weighted by Gasteiger charge is -2.34. The molecule has 2 aromatic carbocycles. The molecule has 0 aliphatic carbocycles. The molecule has 1 fully saturated rings. The van der Waals surface area contributed by atoms with Crippen LogP contribution in [-0.2, 0) is 25.5 Å². The van der Waals surface area contributed by atoms with Crippen molar-refractivity contribution in [3.8, 4) is 5.75 Å². The van der Waals surface area contributed by atoms with Gasteiger partial charge < -0.3 is 29.9 Å². The second kappa shape index (κ2) is 15.3. The van der Waals surface area contributed by atoms with Crippen molar-refractivity contribution < 1.29 is 28.7 Å². The highest BCUT2D eigenvalue weighted by atomic mass is 16.5. The van der Waals surface area contributed by atoms with Gasteiger partial charge in [-0.1, -0.05) is 55.8 Å². The van der Waals surface area contributed by atoms with E-state index in [1.807, 2.05) is 30.3 Å². The molecular weight excluding hydrogens is 536 g/mol. The SMILES string of the molecule is CCCCN1CCOc2ccccc2C(=O)N[C@H](C(=O)N2CCC(OC)CC2)CC(=O)N[C@@H](Cc2ccccc2)C1=O. The highest BCUT2D eigenvalue weighted by molar-refractivity contribution is 6.01. The summed E-state index contributed by atoms with van der Waals surface area (Å²) in [6.45, 7) is 3.97. The Bertz CT molecular complexity index is 1210. The summed E-state index contributed by atoms with van der Waals surface area (Å²) in [6.07, 6.45) is 3.11. The summed E-state index contributed by atoms with van der Waals surface area (Å²) in [5, 5.41) is 5.70. The number of para-hydroxylation sites is 1. The van der Waals surface area contributed by atoms with Gasteiger partial charge in [-0.3, -0.25) is 19.2 Å². The maximum Gasteiger partial charge on any atom is 0.255 e. The van der Waals surface area contributed by atoms with Crippen LogP contribution in [0.4, 0.5) is 0 Å². The first-order valence-electron chi connectivity index (χ1n) is 14.9. The molecule has 0 radical (unpaired) electrons. The largest absolute Gasteiger partial charge is 0.491 e. The van der Waals surface area contributed by atoms with Crippen molar-refractivity contribution in [2.45, 2.75) is 63.6 Å². The predicted molar refractivity (Wildman–Crippen MR) is 158 cm³/mol. The summed E-state index contributed by atoms with van der Waals surface area (Å²) in [6, 6.07) is 14.4. The van der Waals surface area contributed by atoms with E-state index in [0.717, 1.165) is 18.4 Å². The number of likely N-dealkylation sites (tertiary alicyclic amines) is 1. The van der Waals surface area contributed by atoms with Crippen LogP contribution in [0.1, 0.15) is 54.9 Å². The molecular formula is C32H42N4O6. The molecule has 2 aromatic rings. The number of methoxy groups -OCH3 is 1. The van der Waals surface area contributed by atoms with Gasteiger partial charge in [-0.05, 0) is 37.0 Å². The molecule has 0 aromatic heterocycles. The zero-order chi connectivity index (χ0) is 29.9. The average Bonchev–Trinajstić information content (AvgIpc) is 3.01. The second-order valence-electron chi connectivity index (χ2n) is 10.8. The number of hydrogen-bond acceptors (Lipinski definition) is 6. The van der Waals surface area contributed by atoms with Crippen LogP contribution in [-0.4, -0.2) is 91.5 Å². The molecule has 2 N–H and O–H groups in total. The first-order valence-corrected chi connectivity index (χ1v) is 14.9. The van der Waals surface area contributed by atoms with E-state index >= 15 is 0 Å². The Morgan fingerprint density at radius 1 is 0.976 bits per heavy atom. The average molecular weight is 579 g/mol. The van der Waals surface area contributed by atoms with E-state index in [1.165, 1.54) is 0 Å². The Morgan fingerprint density at radius 2 is 1.69 bits per heavy atom. The van der Waals surface area contributed by atoms with E-state index in [-0.39, 0.29) is 36.5 Å². The molecule has 10 nitrogen and oxygen atoms in total. The van der Waals surface area contributed by atoms with Crippen molar-refractivity contribution in [2.75, 3.05) is 39.9 Å². The smallest absolute Gasteiger partial charge is 0.255 e. The van der Waals surface area contributed by atoms with Crippen molar-refractivity contribution in [1.82, 2.24) is 20.4 Å². The number of hydrogen-bond donors (Lipinski definition) is 2. The summed E-state index contributed by atoms with van der Waals surface area (Å²) >= 11 is 0. The zero-order valence-electron chi connectivity index (χ0n) is 24.6. The van der Waals surface area contributed by atoms with Gasteiger partial charge in [0.05, 0.1) is 24.6 Å². The molecule has 4 rings (SSSR count). The van der Waals surface area contributed by atoms with Crippen molar-refractivity contribution in [3.63, 3.8) is 0 Å². The second-order valence-corrected chi connectivity index (χ2v) is 10.8. The number of carbonyl (C=O) groups is 4. The van der Waals surface area contributed by atoms with Crippen LogP contribution in [0.15, 0.2) is 54.6 Å². The van der Waals surface area contributed by atoms with Gasteiger partial charge in [0.25, 0.3) is 5.91 Å². The molecule has 10 heteroatoms. The fourth-order valence-corrected chi connectivity index (χ4v) is 5.40. The van der Waals surface area contributed by atoms with Gasteiger partial charge in [-0.15, -0.1) is 0 Å². The first-order chi connectivity index (χ1) is 20.4. The van der Waals surface area contributed by atoms with Crippen LogP contribution in [0.5, 0.6) is 5.75 Å². The standard InChI is InChI=1S/C32H42N4O6/c1-3-4-16-35-19-20-42-28-13-9-8-12-25(28)30(38)34-27(32(40)36-17-14-24(41-2)15-18-36)22-29(37)33-26(31(35)39)21-23-10-6-5-7-11-23/h5-13,24,26-27H,3-4,14-22H2,1-2H3,(H,33,37)(H,34,38)/t26-,27-/m0/s1. The van der Waals surface area contributed by atoms with Crippen LogP contribution < -0.4 is 15.4 Å². The molecule has 0 unspecified atom stereocenters.